The van der Waals surface area contributed by atoms with Crippen molar-refractivity contribution < 1.29 is 65.4 Å². The Balaban J connectivity index is 1.00. The van der Waals surface area contributed by atoms with Crippen LogP contribution >= 0.6 is 0 Å². The summed E-state index contributed by atoms with van der Waals surface area (Å²) in [6, 6.07) is 0. The van der Waals surface area contributed by atoms with Gasteiger partial charge < -0.3 is 28.4 Å². The number of hydrogen-bond acceptors (Lipinski definition) is 11. The smallest absolute Gasteiger partial charge is 0.336 e. The predicted octanol–water partition coefficient (Wildman–Crippen LogP) is 6.42. The predicted molar refractivity (Wildman–Crippen MR) is 163 cm³/mol. The second kappa shape index (κ2) is 11.5. The number of halogens is 3. The quantitative estimate of drug-likeness (QED) is 0.283. The van der Waals surface area contributed by atoms with Crippen LogP contribution in [0, 0.1) is 47.3 Å². The van der Waals surface area contributed by atoms with Crippen LogP contribution in [-0.2, 0) is 58.8 Å². The van der Waals surface area contributed by atoms with Crippen LogP contribution in [0.25, 0.3) is 0 Å². The molecule has 0 aromatic heterocycles. The molecule has 17 atom stereocenters. The first-order valence-electron chi connectivity index (χ1n) is 18.1. The lowest BCUT2D eigenvalue weighted by atomic mass is 9.57. The molecule has 2 aliphatic carbocycles. The normalized spacial score (nSPS) is 57.1. The molecule has 8 aliphatic heterocycles. The van der Waals surface area contributed by atoms with Crippen molar-refractivity contribution >= 4 is 10.8 Å². The van der Waals surface area contributed by atoms with Gasteiger partial charge in [-0.05, 0) is 83.0 Å². The molecule has 0 aromatic carbocycles. The molecule has 15 heteroatoms. The maximum absolute atomic E-state index is 15.3. The van der Waals surface area contributed by atoms with Gasteiger partial charge in [-0.2, -0.15) is 13.2 Å². The van der Waals surface area contributed by atoms with E-state index in [1.807, 2.05) is 13.8 Å². The van der Waals surface area contributed by atoms with E-state index < -0.39 is 87.6 Å². The molecule has 8 saturated heterocycles. The summed E-state index contributed by atoms with van der Waals surface area (Å²) in [5, 5.41) is 0. The van der Waals surface area contributed by atoms with Gasteiger partial charge in [0, 0.05) is 36.5 Å². The van der Waals surface area contributed by atoms with Crippen LogP contribution in [0.4, 0.5) is 13.2 Å². The van der Waals surface area contributed by atoms with Crippen molar-refractivity contribution in [1.82, 2.24) is 0 Å². The molecule has 0 radical (unpaired) electrons. The highest BCUT2D eigenvalue weighted by molar-refractivity contribution is 7.84. The number of fused-ring (bicyclic) bond motifs is 4. The van der Waals surface area contributed by atoms with Crippen LogP contribution in [0.15, 0.2) is 0 Å². The molecular weight excluding hydrogens is 673 g/mol. The van der Waals surface area contributed by atoms with Gasteiger partial charge in [-0.3, -0.25) is 4.21 Å². The first-order chi connectivity index (χ1) is 22.9. The molecule has 280 valence electrons. The molecule has 8 heterocycles. The molecular formula is C34H51F3O11S. The van der Waals surface area contributed by atoms with Gasteiger partial charge >= 0.3 is 6.18 Å². The lowest BCUT2D eigenvalue weighted by molar-refractivity contribution is -0.598. The average molecular weight is 725 g/mol. The zero-order valence-corrected chi connectivity index (χ0v) is 30.2. The Morgan fingerprint density at radius 1 is 0.633 bits per heavy atom. The standard InChI is InChI=1S/C34H51F3O11S/c1-18-8-10-24-20(3)30(7,43-26-31(24)22(18)12-14-28(5,41-26)45-47-31)39-16-49(38)17-40-33(34(35,36)37)21(4)25-11-9-19(2)23-13-15-29(6)42-27(44-33)32(23,25)48-46-29/h18-27H,8-17H2,1-7H3/t18-,19-,20-,21-,22+,23+,24+,25+,26+,27+,28-,29+,30+,31-,32-,33-,49?/m1/s1. The Bertz CT molecular complexity index is 1340. The minimum atomic E-state index is -4.97. The highest BCUT2D eigenvalue weighted by Gasteiger charge is 2.78. The summed E-state index contributed by atoms with van der Waals surface area (Å²) >= 11 is 0. The van der Waals surface area contributed by atoms with Crippen LogP contribution in [0.5, 0.6) is 0 Å². The van der Waals surface area contributed by atoms with Gasteiger partial charge in [-0.15, -0.1) is 0 Å². The molecule has 10 aliphatic rings. The summed E-state index contributed by atoms with van der Waals surface area (Å²) in [4.78, 5) is 23.9. The second-order valence-electron chi connectivity index (χ2n) is 16.8. The first kappa shape index (κ1) is 35.6. The molecule has 49 heavy (non-hydrogen) atoms. The molecule has 1 unspecified atom stereocenters. The van der Waals surface area contributed by atoms with Crippen molar-refractivity contribution in [3.63, 3.8) is 0 Å². The average Bonchev–Trinajstić information content (AvgIpc) is 3.41. The first-order valence-corrected chi connectivity index (χ1v) is 19.6. The fourth-order valence-electron chi connectivity index (χ4n) is 11.1. The lowest BCUT2D eigenvalue weighted by Crippen LogP contribution is -2.76. The van der Waals surface area contributed by atoms with E-state index >= 15 is 13.2 Å². The van der Waals surface area contributed by atoms with Crippen molar-refractivity contribution in [3.05, 3.63) is 0 Å². The highest BCUT2D eigenvalue weighted by atomic mass is 32.2. The van der Waals surface area contributed by atoms with Crippen LogP contribution in [0.1, 0.15) is 99.8 Å². The lowest BCUT2D eigenvalue weighted by Gasteiger charge is -2.62. The number of ether oxygens (including phenoxy) is 6. The summed E-state index contributed by atoms with van der Waals surface area (Å²) in [5.41, 5.74) is -2.03. The molecule has 0 N–H and O–H groups in total. The molecule has 0 aromatic rings. The van der Waals surface area contributed by atoms with Crippen molar-refractivity contribution in [2.75, 3.05) is 11.9 Å². The number of hydrogen-bond donors (Lipinski definition) is 0. The fourth-order valence-corrected chi connectivity index (χ4v) is 11.8. The van der Waals surface area contributed by atoms with Crippen molar-refractivity contribution in [1.29, 1.82) is 0 Å². The van der Waals surface area contributed by atoms with E-state index in [2.05, 4.69) is 13.8 Å². The Hall–Kier alpha value is -0.460. The maximum atomic E-state index is 15.3. The molecule has 10 rings (SSSR count). The van der Waals surface area contributed by atoms with E-state index in [0.717, 1.165) is 25.7 Å². The van der Waals surface area contributed by atoms with Crippen LogP contribution in [0.2, 0.25) is 0 Å². The van der Waals surface area contributed by atoms with Gasteiger partial charge in [0.15, 0.2) is 29.6 Å². The topological polar surface area (TPSA) is 109 Å². The Morgan fingerprint density at radius 3 is 1.65 bits per heavy atom. The zero-order chi connectivity index (χ0) is 35.0. The minimum Gasteiger partial charge on any atom is -0.336 e. The van der Waals surface area contributed by atoms with Crippen LogP contribution < -0.4 is 0 Å². The Labute approximate surface area is 288 Å². The maximum Gasteiger partial charge on any atom is 0.443 e. The third-order valence-electron chi connectivity index (χ3n) is 14.1. The van der Waals surface area contributed by atoms with Crippen molar-refractivity contribution in [3.8, 4) is 0 Å². The highest BCUT2D eigenvalue weighted by Crippen LogP contribution is 2.65. The van der Waals surface area contributed by atoms with E-state index in [1.54, 1.807) is 13.8 Å². The van der Waals surface area contributed by atoms with Gasteiger partial charge in [0.2, 0.25) is 11.6 Å². The molecule has 4 bridgehead atoms. The minimum absolute atomic E-state index is 0.0490. The Morgan fingerprint density at radius 2 is 1.12 bits per heavy atom. The summed E-state index contributed by atoms with van der Waals surface area (Å²) in [6.07, 6.45) is -1.51. The third kappa shape index (κ3) is 4.99. The zero-order valence-electron chi connectivity index (χ0n) is 29.4. The molecule has 2 spiro atoms. The van der Waals surface area contributed by atoms with E-state index in [0.29, 0.717) is 31.6 Å². The van der Waals surface area contributed by atoms with E-state index in [1.165, 1.54) is 6.92 Å². The summed E-state index contributed by atoms with van der Waals surface area (Å²) in [5.74, 6) is -9.36. The van der Waals surface area contributed by atoms with E-state index in [-0.39, 0.29) is 29.6 Å². The summed E-state index contributed by atoms with van der Waals surface area (Å²) in [6.45, 7) is 13.0. The van der Waals surface area contributed by atoms with Crippen LogP contribution in [-0.4, -0.2) is 69.2 Å². The van der Waals surface area contributed by atoms with E-state index in [4.69, 9.17) is 48.0 Å². The molecule has 2 saturated carbocycles. The molecule has 10 fully saturated rings. The molecule has 11 nitrogen and oxygen atoms in total. The van der Waals surface area contributed by atoms with Gasteiger partial charge in [0.05, 0.1) is 10.8 Å². The number of rotatable bonds is 6. The summed E-state index contributed by atoms with van der Waals surface area (Å²) < 4.78 is 96.3. The van der Waals surface area contributed by atoms with Gasteiger partial charge in [-0.25, -0.2) is 19.6 Å². The Kier molecular flexibility index (Phi) is 8.36. The van der Waals surface area contributed by atoms with Crippen molar-refractivity contribution in [2.24, 2.45) is 47.3 Å². The van der Waals surface area contributed by atoms with Gasteiger partial charge in [-0.1, -0.05) is 27.7 Å². The van der Waals surface area contributed by atoms with Crippen LogP contribution in [0.3, 0.4) is 0 Å². The largest absolute Gasteiger partial charge is 0.443 e. The number of alkyl halides is 3. The van der Waals surface area contributed by atoms with Crippen molar-refractivity contribution in [2.45, 2.75) is 153 Å². The monoisotopic (exact) mass is 724 g/mol. The summed E-state index contributed by atoms with van der Waals surface area (Å²) in [7, 11) is -2.01. The van der Waals surface area contributed by atoms with Gasteiger partial charge in [0.1, 0.15) is 11.9 Å². The van der Waals surface area contributed by atoms with Gasteiger partial charge in [0.25, 0.3) is 5.79 Å². The SMILES string of the molecule is C[C@@H]1CC[C@H]2[C@@H](C)[C@@](C)(OCS(=O)CO[C@@]3(C(F)(F)F)O[C@@H]4O[C@]5(C)CC[C@H]6[C@H](C)CC[C@@H]([C@H]3C)[C@@]46OO5)O[C@@H]3O[C@@]4(C)CC[C@@H]1[C@]32OO4. The van der Waals surface area contributed by atoms with E-state index in [9.17, 15) is 4.21 Å². The third-order valence-corrected chi connectivity index (χ3v) is 14.8. The molecule has 0 amide bonds. The fraction of sp³-hybridized carbons (Fsp3) is 1.00. The second-order valence-corrected chi connectivity index (χ2v) is 18.1.